The molecule has 9 heteroatoms. The van der Waals surface area contributed by atoms with E-state index in [1.54, 1.807) is 13.8 Å². The number of hydrogen-bond donors (Lipinski definition) is 0. The first-order chi connectivity index (χ1) is 10.4. The van der Waals surface area contributed by atoms with Gasteiger partial charge in [-0.3, -0.25) is 14.2 Å². The summed E-state index contributed by atoms with van der Waals surface area (Å²) >= 11 is 0.582. The lowest BCUT2D eigenvalue weighted by atomic mass is 10.2. The van der Waals surface area contributed by atoms with Crippen LogP contribution in [-0.4, -0.2) is 21.6 Å². The smallest absolute Gasteiger partial charge is 0.398 e. The van der Waals surface area contributed by atoms with Crippen LogP contribution in [0.25, 0.3) is 11.4 Å². The van der Waals surface area contributed by atoms with Gasteiger partial charge in [-0.1, -0.05) is 0 Å². The number of pyridine rings is 1. The molecule has 0 aliphatic rings. The van der Waals surface area contributed by atoms with E-state index in [-0.39, 0.29) is 11.4 Å². The van der Waals surface area contributed by atoms with Crippen molar-refractivity contribution in [3.8, 4) is 17.1 Å². The van der Waals surface area contributed by atoms with E-state index in [4.69, 9.17) is 8.37 Å². The molecule has 0 spiro atoms. The molecule has 2 aromatic heterocycles. The largest absolute Gasteiger partial charge is 0.418 e. The second-order valence-corrected chi connectivity index (χ2v) is 4.71. The summed E-state index contributed by atoms with van der Waals surface area (Å²) in [5.41, 5.74) is 0.240. The number of nitrogens with zero attached hydrogens (tertiary/aromatic N) is 3. The van der Waals surface area contributed by atoms with Gasteiger partial charge in [0.1, 0.15) is 11.4 Å². The van der Waals surface area contributed by atoms with Gasteiger partial charge in [0, 0.05) is 12.4 Å². The molecule has 0 fully saturated rings. The molecule has 118 valence electrons. The van der Waals surface area contributed by atoms with Crippen LogP contribution in [0.15, 0.2) is 24.7 Å². The average Bonchev–Trinajstić information content (AvgIpc) is 2.47. The standard InChI is InChI=1S/C13H12F3N3O2S/c1-3-20-22-21-11-4-9(13(14,15)16)6-19-12(11)10-7-17-8(2)5-18-10/h4-7H,3H2,1-2H3. The Morgan fingerprint density at radius 1 is 1.14 bits per heavy atom. The van der Waals surface area contributed by atoms with Gasteiger partial charge in [-0.15, -0.1) is 0 Å². The molecule has 0 radical (unpaired) electrons. The number of aromatic nitrogens is 3. The van der Waals surface area contributed by atoms with Gasteiger partial charge in [0.05, 0.1) is 24.1 Å². The van der Waals surface area contributed by atoms with Crippen LogP contribution in [0.5, 0.6) is 5.75 Å². The minimum atomic E-state index is -4.52. The zero-order chi connectivity index (χ0) is 16.2. The van der Waals surface area contributed by atoms with Crippen LogP contribution >= 0.6 is 12.3 Å². The lowest BCUT2D eigenvalue weighted by molar-refractivity contribution is -0.137. The second-order valence-electron chi connectivity index (χ2n) is 4.17. The van der Waals surface area contributed by atoms with Crippen LogP contribution in [0, 0.1) is 6.92 Å². The third-order valence-electron chi connectivity index (χ3n) is 2.49. The summed E-state index contributed by atoms with van der Waals surface area (Å²) in [5.74, 6) is -0.0913. The Morgan fingerprint density at radius 3 is 2.50 bits per heavy atom. The van der Waals surface area contributed by atoms with Crippen molar-refractivity contribution in [2.45, 2.75) is 20.0 Å². The van der Waals surface area contributed by atoms with Crippen molar-refractivity contribution < 1.29 is 21.5 Å². The average molecular weight is 331 g/mol. The van der Waals surface area contributed by atoms with Crippen LogP contribution in [-0.2, 0) is 10.4 Å². The van der Waals surface area contributed by atoms with E-state index in [1.165, 1.54) is 12.4 Å². The topological polar surface area (TPSA) is 57.1 Å². The minimum absolute atomic E-state index is 0.0913. The van der Waals surface area contributed by atoms with Gasteiger partial charge in [0.25, 0.3) is 0 Å². The summed E-state index contributed by atoms with van der Waals surface area (Å²) in [7, 11) is 0. The van der Waals surface area contributed by atoms with E-state index >= 15 is 0 Å². The predicted octanol–water partition coefficient (Wildman–Crippen LogP) is 3.84. The zero-order valence-corrected chi connectivity index (χ0v) is 12.5. The molecule has 5 nitrogen and oxygen atoms in total. The fourth-order valence-electron chi connectivity index (χ4n) is 1.48. The molecular formula is C13H12F3N3O2S. The molecule has 22 heavy (non-hydrogen) atoms. The fraction of sp³-hybridized carbons (Fsp3) is 0.308. The van der Waals surface area contributed by atoms with E-state index in [1.807, 2.05) is 0 Å². The zero-order valence-electron chi connectivity index (χ0n) is 11.7. The summed E-state index contributed by atoms with van der Waals surface area (Å²) < 4.78 is 48.4. The maximum atomic E-state index is 12.8. The summed E-state index contributed by atoms with van der Waals surface area (Å²) in [4.78, 5) is 11.9. The number of aryl methyl sites for hydroxylation is 1. The first-order valence-electron chi connectivity index (χ1n) is 6.24. The molecule has 0 saturated carbocycles. The highest BCUT2D eigenvalue weighted by molar-refractivity contribution is 7.90. The van der Waals surface area contributed by atoms with Crippen LogP contribution in [0.2, 0.25) is 0 Å². The van der Waals surface area contributed by atoms with Gasteiger partial charge in [-0.2, -0.15) is 13.2 Å². The van der Waals surface area contributed by atoms with E-state index in [2.05, 4.69) is 15.0 Å². The molecule has 0 amide bonds. The SMILES string of the molecule is CCOSOc1cc(C(F)(F)F)cnc1-c1cnc(C)cn1. The molecule has 0 aliphatic heterocycles. The molecule has 0 saturated heterocycles. The second kappa shape index (κ2) is 6.93. The van der Waals surface area contributed by atoms with Gasteiger partial charge in [0.2, 0.25) is 12.3 Å². The molecule has 2 rings (SSSR count). The number of hydrogen-bond acceptors (Lipinski definition) is 6. The van der Waals surface area contributed by atoms with Crippen molar-refractivity contribution in [3.05, 3.63) is 35.9 Å². The van der Waals surface area contributed by atoms with Crippen molar-refractivity contribution in [2.75, 3.05) is 6.61 Å². The summed E-state index contributed by atoms with van der Waals surface area (Å²) in [6.45, 7) is 3.82. The quantitative estimate of drug-likeness (QED) is 0.613. The molecule has 0 atom stereocenters. The Hall–Kier alpha value is -1.87. The summed E-state index contributed by atoms with van der Waals surface area (Å²) in [6, 6.07) is 0.857. The van der Waals surface area contributed by atoms with Gasteiger partial charge in [-0.05, 0) is 19.9 Å². The molecular weight excluding hydrogens is 319 g/mol. The van der Waals surface area contributed by atoms with Gasteiger partial charge < -0.3 is 4.18 Å². The van der Waals surface area contributed by atoms with Crippen molar-refractivity contribution >= 4 is 12.3 Å². The maximum Gasteiger partial charge on any atom is 0.418 e. The van der Waals surface area contributed by atoms with Crippen LogP contribution in [0.3, 0.4) is 0 Å². The number of halogens is 3. The Labute approximate surface area is 129 Å². The van der Waals surface area contributed by atoms with E-state index in [0.717, 1.165) is 12.3 Å². The summed E-state index contributed by atoms with van der Waals surface area (Å²) in [6.07, 6.45) is -0.870. The Kier molecular flexibility index (Phi) is 5.19. The maximum absolute atomic E-state index is 12.8. The first kappa shape index (κ1) is 16.5. The highest BCUT2D eigenvalue weighted by Gasteiger charge is 2.32. The number of rotatable bonds is 5. The van der Waals surface area contributed by atoms with E-state index in [0.29, 0.717) is 30.3 Å². The van der Waals surface area contributed by atoms with Crippen molar-refractivity contribution in [2.24, 2.45) is 0 Å². The Balaban J connectivity index is 2.40. The molecule has 0 aliphatic carbocycles. The highest BCUT2D eigenvalue weighted by Crippen LogP contribution is 2.36. The summed E-state index contributed by atoms with van der Waals surface area (Å²) in [5, 5.41) is 0. The molecule has 0 aromatic carbocycles. The molecule has 0 N–H and O–H groups in total. The van der Waals surface area contributed by atoms with Crippen molar-refractivity contribution in [1.29, 1.82) is 0 Å². The van der Waals surface area contributed by atoms with Gasteiger partial charge in [-0.25, -0.2) is 4.98 Å². The molecule has 2 heterocycles. The third-order valence-corrected chi connectivity index (χ3v) is 3.07. The minimum Gasteiger partial charge on any atom is -0.398 e. The monoisotopic (exact) mass is 331 g/mol. The lowest BCUT2D eigenvalue weighted by Crippen LogP contribution is -2.07. The molecule has 2 aromatic rings. The third kappa shape index (κ3) is 4.08. The van der Waals surface area contributed by atoms with Crippen molar-refractivity contribution in [1.82, 2.24) is 15.0 Å². The van der Waals surface area contributed by atoms with Gasteiger partial charge >= 0.3 is 6.18 Å². The van der Waals surface area contributed by atoms with Crippen molar-refractivity contribution in [3.63, 3.8) is 0 Å². The normalized spacial score (nSPS) is 11.5. The Morgan fingerprint density at radius 2 is 1.91 bits per heavy atom. The Bertz CT molecular complexity index is 635. The van der Waals surface area contributed by atoms with Crippen LogP contribution < -0.4 is 4.18 Å². The molecule has 0 unspecified atom stereocenters. The van der Waals surface area contributed by atoms with E-state index in [9.17, 15) is 13.2 Å². The van der Waals surface area contributed by atoms with Crippen LogP contribution in [0.4, 0.5) is 13.2 Å². The first-order valence-corrected chi connectivity index (χ1v) is 6.91. The van der Waals surface area contributed by atoms with Crippen LogP contribution in [0.1, 0.15) is 18.2 Å². The van der Waals surface area contributed by atoms with Gasteiger partial charge in [0.15, 0.2) is 5.75 Å². The fourth-order valence-corrected chi connectivity index (χ4v) is 1.82. The predicted molar refractivity (Wildman–Crippen MR) is 74.8 cm³/mol. The van der Waals surface area contributed by atoms with E-state index < -0.39 is 11.7 Å². The lowest BCUT2D eigenvalue weighted by Gasteiger charge is -2.11. The molecule has 0 bridgehead atoms. The highest BCUT2D eigenvalue weighted by atomic mass is 32.2. The number of alkyl halides is 3.